The van der Waals surface area contributed by atoms with Crippen LogP contribution in [0.5, 0.6) is 0 Å². The van der Waals surface area contributed by atoms with Crippen molar-refractivity contribution < 1.29 is 4.79 Å². The number of guanidine groups is 1. The zero-order valence-electron chi connectivity index (χ0n) is 19.0. The van der Waals surface area contributed by atoms with Gasteiger partial charge in [0.25, 0.3) is 0 Å². The van der Waals surface area contributed by atoms with Crippen molar-refractivity contribution in [2.24, 2.45) is 4.99 Å². The molecule has 2 aromatic carbocycles. The number of carbonyl (C=O) groups is 1. The van der Waals surface area contributed by atoms with Crippen molar-refractivity contribution in [1.29, 1.82) is 0 Å². The third-order valence-electron chi connectivity index (χ3n) is 5.03. The zero-order chi connectivity index (χ0) is 22.8. The summed E-state index contributed by atoms with van der Waals surface area (Å²) in [6.07, 6.45) is 3.42. The molecule has 3 rings (SSSR count). The summed E-state index contributed by atoms with van der Waals surface area (Å²) in [5.41, 5.74) is 4.35. The number of amides is 1. The standard InChI is InChI=1S/C25H32N6O/c1-4-26-25(27-16-20(3)22-10-5-8-19(2)14-22)28-17-21-9-6-11-23(15-21)30-24(32)18-31-13-7-12-29-31/h5-15,20H,4,16-18H2,1-3H3,(H,30,32)(H2,26,27,28). The Morgan fingerprint density at radius 1 is 1.12 bits per heavy atom. The van der Waals surface area contributed by atoms with E-state index in [1.54, 1.807) is 23.1 Å². The van der Waals surface area contributed by atoms with Crippen molar-refractivity contribution in [3.8, 4) is 0 Å². The number of nitrogens with one attached hydrogen (secondary N) is 3. The summed E-state index contributed by atoms with van der Waals surface area (Å²) in [5.74, 6) is 1.03. The van der Waals surface area contributed by atoms with Gasteiger partial charge in [0.2, 0.25) is 5.91 Å². The van der Waals surface area contributed by atoms with E-state index in [0.29, 0.717) is 12.5 Å². The number of carbonyl (C=O) groups excluding carboxylic acids is 1. The van der Waals surface area contributed by atoms with Crippen molar-refractivity contribution in [2.45, 2.75) is 39.8 Å². The monoisotopic (exact) mass is 432 g/mol. The highest BCUT2D eigenvalue weighted by Gasteiger charge is 2.08. The minimum atomic E-state index is -0.116. The first kappa shape index (κ1) is 23.1. The molecule has 32 heavy (non-hydrogen) atoms. The molecule has 7 nitrogen and oxygen atoms in total. The lowest BCUT2D eigenvalue weighted by atomic mass is 9.99. The highest BCUT2D eigenvalue weighted by molar-refractivity contribution is 5.90. The molecule has 0 saturated heterocycles. The predicted molar refractivity (Wildman–Crippen MR) is 130 cm³/mol. The highest BCUT2D eigenvalue weighted by Crippen LogP contribution is 2.15. The Hall–Kier alpha value is -3.61. The number of hydrogen-bond donors (Lipinski definition) is 3. The molecule has 1 atom stereocenters. The van der Waals surface area contributed by atoms with Crippen LogP contribution in [-0.2, 0) is 17.9 Å². The average molecular weight is 433 g/mol. The number of hydrogen-bond acceptors (Lipinski definition) is 3. The molecule has 3 aromatic rings. The van der Waals surface area contributed by atoms with Gasteiger partial charge in [-0.15, -0.1) is 0 Å². The van der Waals surface area contributed by atoms with Crippen LogP contribution in [0.1, 0.15) is 36.5 Å². The molecule has 0 fully saturated rings. The van der Waals surface area contributed by atoms with Crippen LogP contribution < -0.4 is 16.0 Å². The van der Waals surface area contributed by atoms with Gasteiger partial charge in [0, 0.05) is 31.2 Å². The maximum atomic E-state index is 12.2. The first-order valence-corrected chi connectivity index (χ1v) is 11.0. The minimum Gasteiger partial charge on any atom is -0.357 e. The molecule has 1 unspecified atom stereocenters. The molecular weight excluding hydrogens is 400 g/mol. The van der Waals surface area contributed by atoms with Crippen LogP contribution in [0.4, 0.5) is 5.69 Å². The summed E-state index contributed by atoms with van der Waals surface area (Å²) < 4.78 is 1.59. The number of nitrogens with zero attached hydrogens (tertiary/aromatic N) is 3. The molecule has 1 heterocycles. The summed E-state index contributed by atoms with van der Waals surface area (Å²) in [6, 6.07) is 18.1. The van der Waals surface area contributed by atoms with Crippen LogP contribution in [0.3, 0.4) is 0 Å². The Morgan fingerprint density at radius 3 is 2.72 bits per heavy atom. The SMILES string of the molecule is CCNC(=NCc1cccc(NC(=O)Cn2cccn2)c1)NCC(C)c1cccc(C)c1. The normalized spacial score (nSPS) is 12.3. The fraction of sp³-hybridized carbons (Fsp3) is 0.320. The molecule has 3 N–H and O–H groups in total. The molecule has 0 aliphatic heterocycles. The fourth-order valence-corrected chi connectivity index (χ4v) is 3.35. The van der Waals surface area contributed by atoms with Crippen LogP contribution >= 0.6 is 0 Å². The summed E-state index contributed by atoms with van der Waals surface area (Å²) in [6.45, 7) is 8.65. The molecule has 0 bridgehead atoms. The van der Waals surface area contributed by atoms with E-state index in [1.165, 1.54) is 11.1 Å². The number of benzene rings is 2. The molecule has 7 heteroatoms. The van der Waals surface area contributed by atoms with Gasteiger partial charge in [-0.1, -0.05) is 48.9 Å². The summed E-state index contributed by atoms with van der Waals surface area (Å²) in [7, 11) is 0. The van der Waals surface area contributed by atoms with Gasteiger partial charge >= 0.3 is 0 Å². The molecule has 0 spiro atoms. The van der Waals surface area contributed by atoms with Crippen LogP contribution in [-0.4, -0.2) is 34.7 Å². The predicted octanol–water partition coefficient (Wildman–Crippen LogP) is 3.69. The van der Waals surface area contributed by atoms with Crippen molar-refractivity contribution in [2.75, 3.05) is 18.4 Å². The van der Waals surface area contributed by atoms with Crippen LogP contribution in [0.15, 0.2) is 72.0 Å². The van der Waals surface area contributed by atoms with Crippen molar-refractivity contribution >= 4 is 17.6 Å². The summed E-state index contributed by atoms with van der Waals surface area (Å²) in [4.78, 5) is 16.9. The summed E-state index contributed by atoms with van der Waals surface area (Å²) in [5, 5.41) is 13.7. The van der Waals surface area contributed by atoms with Gasteiger partial charge in [-0.2, -0.15) is 5.10 Å². The Labute approximate surface area is 190 Å². The molecule has 1 aromatic heterocycles. The van der Waals surface area contributed by atoms with E-state index in [-0.39, 0.29) is 12.5 Å². The molecule has 0 radical (unpaired) electrons. The van der Waals surface area contributed by atoms with Gasteiger partial charge in [0.1, 0.15) is 6.54 Å². The molecule has 0 saturated carbocycles. The molecule has 0 aliphatic rings. The summed E-state index contributed by atoms with van der Waals surface area (Å²) >= 11 is 0. The number of anilines is 1. The number of aromatic nitrogens is 2. The first-order valence-electron chi connectivity index (χ1n) is 11.0. The first-order chi connectivity index (χ1) is 15.5. The second-order valence-electron chi connectivity index (χ2n) is 7.84. The molecule has 1 amide bonds. The minimum absolute atomic E-state index is 0.116. The third-order valence-corrected chi connectivity index (χ3v) is 5.03. The van der Waals surface area contributed by atoms with Crippen molar-refractivity contribution in [1.82, 2.24) is 20.4 Å². The van der Waals surface area contributed by atoms with E-state index in [1.807, 2.05) is 24.3 Å². The number of aliphatic imine (C=N–C) groups is 1. The van der Waals surface area contributed by atoms with Crippen LogP contribution in [0, 0.1) is 6.92 Å². The third kappa shape index (κ3) is 7.27. The zero-order valence-corrected chi connectivity index (χ0v) is 19.0. The second kappa shape index (κ2) is 11.7. The number of aryl methyl sites for hydroxylation is 1. The Bertz CT molecular complexity index is 1030. The lowest BCUT2D eigenvalue weighted by molar-refractivity contribution is -0.116. The second-order valence-corrected chi connectivity index (χ2v) is 7.84. The van der Waals surface area contributed by atoms with Crippen molar-refractivity contribution in [3.63, 3.8) is 0 Å². The Morgan fingerprint density at radius 2 is 1.97 bits per heavy atom. The van der Waals surface area contributed by atoms with E-state index in [2.05, 4.69) is 66.1 Å². The average Bonchev–Trinajstić information content (AvgIpc) is 3.28. The lowest BCUT2D eigenvalue weighted by Gasteiger charge is -2.17. The van der Waals surface area contributed by atoms with Crippen LogP contribution in [0.2, 0.25) is 0 Å². The fourth-order valence-electron chi connectivity index (χ4n) is 3.35. The van der Waals surface area contributed by atoms with Crippen LogP contribution in [0.25, 0.3) is 0 Å². The Kier molecular flexibility index (Phi) is 8.43. The van der Waals surface area contributed by atoms with Gasteiger partial charge in [-0.25, -0.2) is 4.99 Å². The maximum Gasteiger partial charge on any atom is 0.246 e. The van der Waals surface area contributed by atoms with Gasteiger partial charge in [0.15, 0.2) is 5.96 Å². The molecule has 0 aliphatic carbocycles. The quantitative estimate of drug-likeness (QED) is 0.356. The van der Waals surface area contributed by atoms with E-state index >= 15 is 0 Å². The smallest absolute Gasteiger partial charge is 0.246 e. The van der Waals surface area contributed by atoms with E-state index in [9.17, 15) is 4.79 Å². The van der Waals surface area contributed by atoms with E-state index in [4.69, 9.17) is 4.99 Å². The van der Waals surface area contributed by atoms with Crippen molar-refractivity contribution in [3.05, 3.63) is 83.7 Å². The van der Waals surface area contributed by atoms with Gasteiger partial charge in [-0.3, -0.25) is 9.48 Å². The molecular formula is C25H32N6O. The largest absolute Gasteiger partial charge is 0.357 e. The highest BCUT2D eigenvalue weighted by atomic mass is 16.2. The van der Waals surface area contributed by atoms with Gasteiger partial charge in [-0.05, 0) is 49.1 Å². The maximum absolute atomic E-state index is 12.2. The van der Waals surface area contributed by atoms with Gasteiger partial charge < -0.3 is 16.0 Å². The number of rotatable bonds is 9. The Balaban J connectivity index is 1.57. The van der Waals surface area contributed by atoms with E-state index < -0.39 is 0 Å². The lowest BCUT2D eigenvalue weighted by Crippen LogP contribution is -2.39. The van der Waals surface area contributed by atoms with E-state index in [0.717, 1.165) is 30.3 Å². The van der Waals surface area contributed by atoms with Gasteiger partial charge in [0.05, 0.1) is 6.54 Å². The topological polar surface area (TPSA) is 83.3 Å². The molecule has 168 valence electrons.